The zero-order valence-corrected chi connectivity index (χ0v) is 14.3. The second-order valence-electron chi connectivity index (χ2n) is 7.01. The minimum Gasteiger partial charge on any atom is -0.345 e. The van der Waals surface area contributed by atoms with Gasteiger partial charge >= 0.3 is 0 Å². The van der Waals surface area contributed by atoms with Crippen molar-refractivity contribution in [3.63, 3.8) is 0 Å². The Balaban J connectivity index is 1.52. The van der Waals surface area contributed by atoms with Gasteiger partial charge in [0.2, 0.25) is 0 Å². The molecule has 2 aromatic heterocycles. The average Bonchev–Trinajstić information content (AvgIpc) is 3.22. The zero-order valence-electron chi connectivity index (χ0n) is 14.3. The highest BCUT2D eigenvalue weighted by Gasteiger charge is 2.32. The summed E-state index contributed by atoms with van der Waals surface area (Å²) in [5.74, 6) is 3.22. The maximum absolute atomic E-state index is 4.85. The van der Waals surface area contributed by atoms with E-state index in [1.54, 1.807) is 0 Å². The molecule has 0 unspecified atom stereocenters. The highest BCUT2D eigenvalue weighted by atomic mass is 15.3. The van der Waals surface area contributed by atoms with Crippen LogP contribution in [0.2, 0.25) is 0 Å². The third-order valence-corrected chi connectivity index (χ3v) is 5.42. The van der Waals surface area contributed by atoms with Gasteiger partial charge in [-0.2, -0.15) is 0 Å². The van der Waals surface area contributed by atoms with Gasteiger partial charge in [0.05, 0.1) is 23.3 Å². The van der Waals surface area contributed by atoms with Gasteiger partial charge in [-0.3, -0.25) is 4.98 Å². The molecule has 6 nitrogen and oxygen atoms in total. The molecule has 0 spiro atoms. The van der Waals surface area contributed by atoms with Gasteiger partial charge in [-0.15, -0.1) is 10.2 Å². The highest BCUT2D eigenvalue weighted by Crippen LogP contribution is 2.35. The summed E-state index contributed by atoms with van der Waals surface area (Å²) in [5, 5.41) is 9.07. The summed E-state index contributed by atoms with van der Waals surface area (Å²) >= 11 is 0. The molecule has 0 aliphatic carbocycles. The molecule has 1 atom stereocenters. The maximum atomic E-state index is 4.85. The van der Waals surface area contributed by atoms with Gasteiger partial charge in [-0.1, -0.05) is 18.6 Å². The third kappa shape index (κ3) is 2.56. The van der Waals surface area contributed by atoms with Crippen LogP contribution >= 0.6 is 0 Å². The molecular weight excluding hydrogens is 312 g/mol. The first-order valence-electron chi connectivity index (χ1n) is 9.30. The highest BCUT2D eigenvalue weighted by molar-refractivity contribution is 5.75. The number of aryl methyl sites for hydroxylation is 1. The molecule has 6 heteroatoms. The van der Waals surface area contributed by atoms with E-state index in [4.69, 9.17) is 4.98 Å². The maximum Gasteiger partial charge on any atom is 0.155 e. The Morgan fingerprint density at radius 2 is 1.84 bits per heavy atom. The van der Waals surface area contributed by atoms with Crippen LogP contribution in [0.1, 0.15) is 49.8 Å². The fraction of sp³-hybridized carbons (Fsp3) is 0.474. The predicted octanol–water partition coefficient (Wildman–Crippen LogP) is 3.29. The van der Waals surface area contributed by atoms with Crippen LogP contribution in [0.25, 0.3) is 11.0 Å². The topological polar surface area (TPSA) is 59.7 Å². The summed E-state index contributed by atoms with van der Waals surface area (Å²) in [6.45, 7) is 2.05. The van der Waals surface area contributed by atoms with Crippen LogP contribution in [0.4, 0.5) is 5.82 Å². The van der Waals surface area contributed by atoms with E-state index in [0.717, 1.165) is 60.9 Å². The molecule has 128 valence electrons. The molecule has 3 aromatic rings. The van der Waals surface area contributed by atoms with Crippen molar-refractivity contribution in [2.45, 2.75) is 51.1 Å². The molecule has 2 aliphatic rings. The van der Waals surface area contributed by atoms with Gasteiger partial charge < -0.3 is 9.47 Å². The van der Waals surface area contributed by atoms with Gasteiger partial charge in [-0.25, -0.2) is 4.98 Å². The predicted molar refractivity (Wildman–Crippen MR) is 96.4 cm³/mol. The number of hydrogen-bond donors (Lipinski definition) is 0. The number of aromatic nitrogens is 5. The minimum atomic E-state index is 0.259. The molecule has 1 aromatic carbocycles. The Morgan fingerprint density at radius 3 is 2.80 bits per heavy atom. The van der Waals surface area contributed by atoms with Crippen LogP contribution in [-0.4, -0.2) is 31.3 Å². The molecule has 2 aliphatic heterocycles. The van der Waals surface area contributed by atoms with Gasteiger partial charge in [-0.05, 0) is 37.8 Å². The summed E-state index contributed by atoms with van der Waals surface area (Å²) in [6, 6.07) is 8.31. The number of para-hydroxylation sites is 2. The van der Waals surface area contributed by atoms with Crippen LogP contribution in [-0.2, 0) is 13.0 Å². The Kier molecular flexibility index (Phi) is 3.61. The first-order chi connectivity index (χ1) is 12.4. The minimum absolute atomic E-state index is 0.259. The molecule has 4 heterocycles. The summed E-state index contributed by atoms with van der Waals surface area (Å²) < 4.78 is 2.37. The third-order valence-electron chi connectivity index (χ3n) is 5.42. The molecule has 0 bridgehead atoms. The van der Waals surface area contributed by atoms with Gasteiger partial charge in [0.1, 0.15) is 11.6 Å². The van der Waals surface area contributed by atoms with Gasteiger partial charge in [0, 0.05) is 19.5 Å². The normalized spacial score (nSPS) is 20.6. The van der Waals surface area contributed by atoms with Crippen molar-refractivity contribution >= 4 is 16.9 Å². The molecule has 25 heavy (non-hydrogen) atoms. The Bertz CT molecular complexity index is 902. The van der Waals surface area contributed by atoms with Crippen LogP contribution < -0.4 is 4.90 Å². The molecule has 1 saturated heterocycles. The van der Waals surface area contributed by atoms with E-state index in [1.807, 2.05) is 30.5 Å². The smallest absolute Gasteiger partial charge is 0.155 e. The summed E-state index contributed by atoms with van der Waals surface area (Å²) in [4.78, 5) is 11.8. The molecular formula is C19H22N6. The van der Waals surface area contributed by atoms with Crippen LogP contribution in [0, 0.1) is 0 Å². The second kappa shape index (κ2) is 6.10. The first-order valence-corrected chi connectivity index (χ1v) is 9.30. The Morgan fingerprint density at radius 1 is 0.920 bits per heavy atom. The van der Waals surface area contributed by atoms with Crippen molar-refractivity contribution in [3.05, 3.63) is 42.1 Å². The summed E-state index contributed by atoms with van der Waals surface area (Å²) in [6.07, 6.45) is 8.94. The van der Waals surface area contributed by atoms with E-state index >= 15 is 0 Å². The molecule has 0 amide bonds. The number of fused-ring (bicyclic) bond motifs is 2. The van der Waals surface area contributed by atoms with Crippen molar-refractivity contribution in [1.29, 1.82) is 0 Å². The van der Waals surface area contributed by atoms with Crippen LogP contribution in [0.3, 0.4) is 0 Å². The number of hydrogen-bond acceptors (Lipinski definition) is 5. The summed E-state index contributed by atoms with van der Waals surface area (Å²) in [7, 11) is 0. The zero-order chi connectivity index (χ0) is 16.6. The second-order valence-corrected chi connectivity index (χ2v) is 7.01. The van der Waals surface area contributed by atoms with E-state index in [-0.39, 0.29) is 6.04 Å². The Labute approximate surface area is 146 Å². The number of nitrogens with zero attached hydrogens (tertiary/aromatic N) is 6. The van der Waals surface area contributed by atoms with Crippen molar-refractivity contribution in [1.82, 2.24) is 24.7 Å². The van der Waals surface area contributed by atoms with E-state index in [1.165, 1.54) is 19.3 Å². The standard InChI is InChI=1S/C19H22N6/c1-2-10-17-22-23-19(25(17)11-5-1)16-9-6-12-24(16)18-13-20-14-7-3-4-8-15(14)21-18/h3-4,7-8,13,16H,1-2,5-6,9-12H2/t16-/m1/s1. The largest absolute Gasteiger partial charge is 0.345 e. The molecule has 0 N–H and O–H groups in total. The molecule has 1 fully saturated rings. The lowest BCUT2D eigenvalue weighted by Gasteiger charge is -2.25. The van der Waals surface area contributed by atoms with Crippen LogP contribution in [0.15, 0.2) is 30.5 Å². The summed E-state index contributed by atoms with van der Waals surface area (Å²) in [5.41, 5.74) is 1.89. The lowest BCUT2D eigenvalue weighted by molar-refractivity contribution is 0.558. The monoisotopic (exact) mass is 334 g/mol. The van der Waals surface area contributed by atoms with E-state index in [0.29, 0.717) is 0 Å². The van der Waals surface area contributed by atoms with E-state index in [9.17, 15) is 0 Å². The van der Waals surface area contributed by atoms with Crippen molar-refractivity contribution in [2.75, 3.05) is 11.4 Å². The van der Waals surface area contributed by atoms with E-state index < -0.39 is 0 Å². The van der Waals surface area contributed by atoms with E-state index in [2.05, 4.69) is 24.6 Å². The van der Waals surface area contributed by atoms with Crippen molar-refractivity contribution < 1.29 is 0 Å². The lowest BCUT2D eigenvalue weighted by atomic mass is 10.2. The fourth-order valence-electron chi connectivity index (χ4n) is 4.15. The van der Waals surface area contributed by atoms with Crippen LogP contribution in [0.5, 0.6) is 0 Å². The van der Waals surface area contributed by atoms with Crippen molar-refractivity contribution in [3.8, 4) is 0 Å². The number of rotatable bonds is 2. The molecule has 0 saturated carbocycles. The lowest BCUT2D eigenvalue weighted by Crippen LogP contribution is -2.26. The van der Waals surface area contributed by atoms with Crippen molar-refractivity contribution in [2.24, 2.45) is 0 Å². The average molecular weight is 334 g/mol. The molecule has 5 rings (SSSR count). The quantitative estimate of drug-likeness (QED) is 0.720. The van der Waals surface area contributed by atoms with Gasteiger partial charge in [0.25, 0.3) is 0 Å². The number of benzene rings is 1. The number of anilines is 1. The Hall–Kier alpha value is -2.50. The van der Waals surface area contributed by atoms with Gasteiger partial charge in [0.15, 0.2) is 5.82 Å². The molecule has 0 radical (unpaired) electrons. The fourth-order valence-corrected chi connectivity index (χ4v) is 4.15. The first kappa shape index (κ1) is 14.8. The SMILES string of the molecule is c1ccc2nc(N3CCC[C@@H]3c3nnc4n3CCCCC4)cnc2c1.